The third-order valence-corrected chi connectivity index (χ3v) is 1.21. The lowest BCUT2D eigenvalue weighted by atomic mass is 10.2. The highest BCUT2D eigenvalue weighted by Gasteiger charge is 2.11. The Labute approximate surface area is 62.0 Å². The van der Waals surface area contributed by atoms with Gasteiger partial charge in [0.2, 0.25) is 0 Å². The zero-order valence-electron chi connectivity index (χ0n) is 5.59. The summed E-state index contributed by atoms with van der Waals surface area (Å²) in [5.74, 6) is -0.0631. The third-order valence-electron chi connectivity index (χ3n) is 1.21. The van der Waals surface area contributed by atoms with Crippen molar-refractivity contribution in [1.29, 1.82) is 0 Å². The molecule has 0 atom stereocenters. The molecule has 11 heavy (non-hydrogen) atoms. The van der Waals surface area contributed by atoms with Crippen LogP contribution in [-0.4, -0.2) is 4.98 Å². The SMILES string of the molecule is Nc1ccc(C(F)F)c(N)n1. The van der Waals surface area contributed by atoms with E-state index in [1.54, 1.807) is 0 Å². The monoisotopic (exact) mass is 159 g/mol. The first-order valence-corrected chi connectivity index (χ1v) is 2.91. The summed E-state index contributed by atoms with van der Waals surface area (Å²) in [7, 11) is 0. The Morgan fingerprint density at radius 1 is 1.27 bits per heavy atom. The molecule has 0 unspecified atom stereocenters. The first kappa shape index (κ1) is 7.71. The number of nitrogens with zero attached hydrogens (tertiary/aromatic N) is 1. The summed E-state index contributed by atoms with van der Waals surface area (Å²) in [6, 6.07) is 2.46. The van der Waals surface area contributed by atoms with Crippen LogP contribution in [0.15, 0.2) is 12.1 Å². The fourth-order valence-electron chi connectivity index (χ4n) is 0.686. The minimum atomic E-state index is -2.59. The van der Waals surface area contributed by atoms with Crippen molar-refractivity contribution in [2.24, 2.45) is 0 Å². The summed E-state index contributed by atoms with van der Waals surface area (Å²) in [5, 5.41) is 0. The van der Waals surface area contributed by atoms with E-state index in [0.29, 0.717) is 0 Å². The third kappa shape index (κ3) is 1.54. The first-order chi connectivity index (χ1) is 5.11. The summed E-state index contributed by atoms with van der Waals surface area (Å²) in [4.78, 5) is 3.47. The molecular formula is C6H7F2N3. The van der Waals surface area contributed by atoms with Gasteiger partial charge in [-0.1, -0.05) is 0 Å². The Hall–Kier alpha value is -1.39. The van der Waals surface area contributed by atoms with Gasteiger partial charge in [0.15, 0.2) is 0 Å². The Morgan fingerprint density at radius 2 is 1.91 bits per heavy atom. The number of alkyl halides is 2. The fraction of sp³-hybridized carbons (Fsp3) is 0.167. The number of pyridine rings is 1. The van der Waals surface area contributed by atoms with Gasteiger partial charge in [0.1, 0.15) is 11.6 Å². The highest BCUT2D eigenvalue weighted by molar-refractivity contribution is 5.46. The highest BCUT2D eigenvalue weighted by atomic mass is 19.3. The van der Waals surface area contributed by atoms with E-state index >= 15 is 0 Å². The van der Waals surface area contributed by atoms with Crippen LogP contribution in [0.4, 0.5) is 20.4 Å². The van der Waals surface area contributed by atoms with Crippen LogP contribution in [0.25, 0.3) is 0 Å². The minimum Gasteiger partial charge on any atom is -0.384 e. The second-order valence-corrected chi connectivity index (χ2v) is 2.01. The van der Waals surface area contributed by atoms with Crippen LogP contribution in [0.3, 0.4) is 0 Å². The largest absolute Gasteiger partial charge is 0.384 e. The molecule has 4 N–H and O–H groups in total. The van der Waals surface area contributed by atoms with Crippen molar-refractivity contribution in [3.8, 4) is 0 Å². The molecule has 0 amide bonds. The Kier molecular flexibility index (Phi) is 1.89. The van der Waals surface area contributed by atoms with Gasteiger partial charge in [-0.2, -0.15) is 0 Å². The van der Waals surface area contributed by atoms with Crippen molar-refractivity contribution in [1.82, 2.24) is 4.98 Å². The molecule has 0 aliphatic rings. The molecule has 1 aromatic rings. The molecule has 5 heteroatoms. The number of rotatable bonds is 1. The lowest BCUT2D eigenvalue weighted by molar-refractivity contribution is 0.152. The van der Waals surface area contributed by atoms with Crippen molar-refractivity contribution < 1.29 is 8.78 Å². The molecule has 0 aliphatic carbocycles. The van der Waals surface area contributed by atoms with Gasteiger partial charge < -0.3 is 11.5 Å². The standard InChI is InChI=1S/C6H7F2N3/c7-5(8)3-1-2-4(9)11-6(3)10/h1-2,5H,(H4,9,10,11). The average molecular weight is 159 g/mol. The van der Waals surface area contributed by atoms with Gasteiger partial charge in [-0.05, 0) is 12.1 Å². The summed E-state index contributed by atoms with van der Waals surface area (Å²) in [6.45, 7) is 0. The van der Waals surface area contributed by atoms with Crippen LogP contribution in [0.5, 0.6) is 0 Å². The van der Waals surface area contributed by atoms with Crippen LogP contribution in [-0.2, 0) is 0 Å². The van der Waals surface area contributed by atoms with Gasteiger partial charge in [0.25, 0.3) is 6.43 Å². The Bertz CT molecular complexity index is 262. The summed E-state index contributed by atoms with van der Waals surface area (Å²) >= 11 is 0. The van der Waals surface area contributed by atoms with Gasteiger partial charge in [0.05, 0.1) is 5.56 Å². The van der Waals surface area contributed by atoms with Gasteiger partial charge in [-0.25, -0.2) is 13.8 Å². The lowest BCUT2D eigenvalue weighted by Gasteiger charge is -2.02. The van der Waals surface area contributed by atoms with Gasteiger partial charge >= 0.3 is 0 Å². The number of nitrogens with two attached hydrogens (primary N) is 2. The van der Waals surface area contributed by atoms with Crippen LogP contribution in [0.2, 0.25) is 0 Å². The Balaban J connectivity index is 3.09. The lowest BCUT2D eigenvalue weighted by Crippen LogP contribution is -2.00. The number of anilines is 2. The number of aromatic nitrogens is 1. The molecule has 1 heterocycles. The number of halogens is 2. The quantitative estimate of drug-likeness (QED) is 0.646. The highest BCUT2D eigenvalue weighted by Crippen LogP contribution is 2.23. The van der Waals surface area contributed by atoms with E-state index in [1.165, 1.54) is 12.1 Å². The van der Waals surface area contributed by atoms with Crippen molar-refractivity contribution in [2.75, 3.05) is 11.5 Å². The van der Waals surface area contributed by atoms with Crippen molar-refractivity contribution in [3.63, 3.8) is 0 Å². The van der Waals surface area contributed by atoms with Gasteiger partial charge in [-0.3, -0.25) is 0 Å². The summed E-state index contributed by atoms with van der Waals surface area (Å²) < 4.78 is 24.0. The zero-order valence-corrected chi connectivity index (χ0v) is 5.59. The molecule has 0 bridgehead atoms. The smallest absolute Gasteiger partial charge is 0.267 e. The van der Waals surface area contributed by atoms with E-state index < -0.39 is 6.43 Å². The first-order valence-electron chi connectivity index (χ1n) is 2.91. The number of nitrogen functional groups attached to an aromatic ring is 2. The summed E-state index contributed by atoms with van der Waals surface area (Å²) in [5.41, 5.74) is 10.1. The van der Waals surface area contributed by atoms with Gasteiger partial charge in [0, 0.05) is 0 Å². The molecule has 60 valence electrons. The average Bonchev–Trinajstić information content (AvgIpc) is 1.85. The van der Waals surface area contributed by atoms with Crippen LogP contribution in [0.1, 0.15) is 12.0 Å². The van der Waals surface area contributed by atoms with E-state index in [1.807, 2.05) is 0 Å². The van der Waals surface area contributed by atoms with Crippen molar-refractivity contribution in [3.05, 3.63) is 17.7 Å². The number of hydrogen-bond donors (Lipinski definition) is 2. The maximum atomic E-state index is 12.0. The van der Waals surface area contributed by atoms with Crippen LogP contribution >= 0.6 is 0 Å². The van der Waals surface area contributed by atoms with E-state index in [2.05, 4.69) is 4.98 Å². The molecule has 0 radical (unpaired) electrons. The normalized spacial score (nSPS) is 10.5. The Morgan fingerprint density at radius 3 is 2.36 bits per heavy atom. The fourth-order valence-corrected chi connectivity index (χ4v) is 0.686. The molecule has 0 fully saturated rings. The van der Waals surface area contributed by atoms with E-state index in [-0.39, 0.29) is 17.2 Å². The molecule has 3 nitrogen and oxygen atoms in total. The van der Waals surface area contributed by atoms with E-state index in [0.717, 1.165) is 0 Å². The van der Waals surface area contributed by atoms with Crippen LogP contribution < -0.4 is 11.5 Å². The maximum Gasteiger partial charge on any atom is 0.267 e. The van der Waals surface area contributed by atoms with Crippen molar-refractivity contribution in [2.45, 2.75) is 6.43 Å². The second-order valence-electron chi connectivity index (χ2n) is 2.01. The predicted molar refractivity (Wildman–Crippen MR) is 38.0 cm³/mol. The molecule has 0 spiro atoms. The molecule has 0 saturated heterocycles. The number of hydrogen-bond acceptors (Lipinski definition) is 3. The molecule has 0 saturated carbocycles. The second kappa shape index (κ2) is 2.69. The van der Waals surface area contributed by atoms with Gasteiger partial charge in [-0.15, -0.1) is 0 Å². The zero-order chi connectivity index (χ0) is 8.43. The van der Waals surface area contributed by atoms with Crippen LogP contribution in [0, 0.1) is 0 Å². The molecule has 0 aliphatic heterocycles. The topological polar surface area (TPSA) is 64.9 Å². The maximum absolute atomic E-state index is 12.0. The van der Waals surface area contributed by atoms with E-state index in [4.69, 9.17) is 11.5 Å². The predicted octanol–water partition coefficient (Wildman–Crippen LogP) is 1.18. The van der Waals surface area contributed by atoms with Crippen molar-refractivity contribution >= 4 is 11.6 Å². The summed E-state index contributed by atoms with van der Waals surface area (Å²) in [6.07, 6.45) is -2.59. The van der Waals surface area contributed by atoms with E-state index in [9.17, 15) is 8.78 Å². The molecule has 1 aromatic heterocycles. The molecule has 0 aromatic carbocycles. The molecule has 1 rings (SSSR count). The minimum absolute atomic E-state index is 0.145. The molecular weight excluding hydrogens is 152 g/mol.